The van der Waals surface area contributed by atoms with E-state index >= 15 is 0 Å². The maximum Gasteiger partial charge on any atom is 0.105 e. The second kappa shape index (κ2) is 6.70. The lowest BCUT2D eigenvalue weighted by molar-refractivity contribution is -0.0674. The first kappa shape index (κ1) is 15.5. The second-order valence-corrected chi connectivity index (χ2v) is 6.16. The predicted octanol–water partition coefficient (Wildman–Crippen LogP) is 3.26. The summed E-state index contributed by atoms with van der Waals surface area (Å²) in [4.78, 5) is 0. The summed E-state index contributed by atoms with van der Waals surface area (Å²) in [6.07, 6.45) is 3.20. The lowest BCUT2D eigenvalue weighted by Crippen LogP contribution is -2.28. The van der Waals surface area contributed by atoms with Crippen LogP contribution in [0.1, 0.15) is 50.3 Å². The highest BCUT2D eigenvalue weighted by Gasteiger charge is 2.27. The minimum Gasteiger partial charge on any atom is -0.386 e. The van der Waals surface area contributed by atoms with Crippen LogP contribution in [0.2, 0.25) is 0 Å². The molecule has 0 saturated carbocycles. The van der Waals surface area contributed by atoms with Crippen molar-refractivity contribution in [2.45, 2.75) is 57.3 Å². The molecular weight excluding hydrogens is 252 g/mol. The number of hydrogen-bond donors (Lipinski definition) is 1. The van der Waals surface area contributed by atoms with E-state index in [1.807, 2.05) is 18.2 Å². The minimum absolute atomic E-state index is 0.105. The van der Waals surface area contributed by atoms with Crippen LogP contribution in [0.15, 0.2) is 24.3 Å². The first-order valence-electron chi connectivity index (χ1n) is 7.46. The van der Waals surface area contributed by atoms with Crippen LogP contribution in [0.25, 0.3) is 0 Å². The van der Waals surface area contributed by atoms with Crippen molar-refractivity contribution in [2.24, 2.45) is 0 Å². The van der Waals surface area contributed by atoms with E-state index in [-0.39, 0.29) is 11.7 Å². The smallest absolute Gasteiger partial charge is 0.105 e. The van der Waals surface area contributed by atoms with Gasteiger partial charge < -0.3 is 14.6 Å². The maximum atomic E-state index is 10.5. The summed E-state index contributed by atoms with van der Waals surface area (Å²) in [6.45, 7) is 4.72. The molecule has 0 saturated heterocycles. The summed E-state index contributed by atoms with van der Waals surface area (Å²) in [5.41, 5.74) is 2.11. The molecule has 1 N–H and O–H groups in total. The van der Waals surface area contributed by atoms with Gasteiger partial charge in [0.25, 0.3) is 0 Å². The minimum atomic E-state index is -0.514. The highest BCUT2D eigenvalue weighted by Crippen LogP contribution is 2.31. The van der Waals surface area contributed by atoms with E-state index in [0.717, 1.165) is 31.2 Å². The zero-order valence-corrected chi connectivity index (χ0v) is 12.8. The molecule has 2 unspecified atom stereocenters. The largest absolute Gasteiger partial charge is 0.386 e. The standard InChI is InChI=1S/C17H26O3/c1-17(2,19-3)11-12-20-15-10-6-8-13-7-4-5-9-14(13)16(15)18/h4-5,7,9,15-16,18H,6,8,10-12H2,1-3H3. The van der Waals surface area contributed by atoms with E-state index in [4.69, 9.17) is 9.47 Å². The summed E-state index contributed by atoms with van der Waals surface area (Å²) >= 11 is 0. The monoisotopic (exact) mass is 278 g/mol. The fraction of sp³-hybridized carbons (Fsp3) is 0.647. The number of fused-ring (bicyclic) bond motifs is 1. The van der Waals surface area contributed by atoms with Crippen LogP contribution in [0.5, 0.6) is 0 Å². The van der Waals surface area contributed by atoms with E-state index in [2.05, 4.69) is 19.9 Å². The summed E-state index contributed by atoms with van der Waals surface area (Å²) < 4.78 is 11.3. The normalized spacial score (nSPS) is 23.2. The van der Waals surface area contributed by atoms with Crippen LogP contribution in [0, 0.1) is 0 Å². The Bertz CT molecular complexity index is 428. The zero-order chi connectivity index (χ0) is 14.6. The number of benzene rings is 1. The molecule has 0 amide bonds. The molecule has 0 aliphatic heterocycles. The number of hydrogen-bond acceptors (Lipinski definition) is 3. The molecule has 3 nitrogen and oxygen atoms in total. The number of rotatable bonds is 5. The topological polar surface area (TPSA) is 38.7 Å². The fourth-order valence-corrected chi connectivity index (χ4v) is 2.63. The van der Waals surface area contributed by atoms with Gasteiger partial charge in [0, 0.05) is 13.7 Å². The molecule has 0 spiro atoms. The Morgan fingerprint density at radius 2 is 2.05 bits per heavy atom. The Balaban J connectivity index is 1.96. The van der Waals surface area contributed by atoms with Crippen molar-refractivity contribution < 1.29 is 14.6 Å². The van der Waals surface area contributed by atoms with Crippen LogP contribution >= 0.6 is 0 Å². The molecule has 0 radical (unpaired) electrons. The number of aliphatic hydroxyl groups is 1. The van der Waals surface area contributed by atoms with E-state index in [9.17, 15) is 5.11 Å². The summed E-state index contributed by atoms with van der Waals surface area (Å²) in [7, 11) is 1.72. The first-order valence-corrected chi connectivity index (χ1v) is 7.46. The molecule has 0 aromatic heterocycles. The van der Waals surface area contributed by atoms with Gasteiger partial charge in [-0.1, -0.05) is 24.3 Å². The predicted molar refractivity (Wildman–Crippen MR) is 79.8 cm³/mol. The number of aryl methyl sites for hydroxylation is 1. The Hall–Kier alpha value is -0.900. The molecule has 3 heteroatoms. The van der Waals surface area contributed by atoms with Crippen molar-refractivity contribution in [1.82, 2.24) is 0 Å². The third-order valence-corrected chi connectivity index (χ3v) is 4.25. The van der Waals surface area contributed by atoms with Crippen LogP contribution in [0.4, 0.5) is 0 Å². The van der Waals surface area contributed by atoms with Gasteiger partial charge in [-0.3, -0.25) is 0 Å². The highest BCUT2D eigenvalue weighted by molar-refractivity contribution is 5.30. The van der Waals surface area contributed by atoms with Crippen LogP contribution in [-0.4, -0.2) is 30.5 Å². The molecule has 1 aliphatic carbocycles. The lowest BCUT2D eigenvalue weighted by atomic mass is 10.00. The highest BCUT2D eigenvalue weighted by atomic mass is 16.5. The van der Waals surface area contributed by atoms with Crippen molar-refractivity contribution in [3.63, 3.8) is 0 Å². The quantitative estimate of drug-likeness (QED) is 0.840. The molecule has 1 aromatic carbocycles. The molecule has 112 valence electrons. The molecule has 2 atom stereocenters. The molecule has 1 aliphatic rings. The van der Waals surface area contributed by atoms with Gasteiger partial charge in [-0.2, -0.15) is 0 Å². The Morgan fingerprint density at radius 3 is 2.80 bits per heavy atom. The van der Waals surface area contributed by atoms with Crippen molar-refractivity contribution >= 4 is 0 Å². The Labute approximate surface area is 121 Å². The van der Waals surface area contributed by atoms with Crippen molar-refractivity contribution in [3.8, 4) is 0 Å². The maximum absolute atomic E-state index is 10.5. The van der Waals surface area contributed by atoms with Crippen LogP contribution in [-0.2, 0) is 15.9 Å². The number of methoxy groups -OCH3 is 1. The van der Waals surface area contributed by atoms with Gasteiger partial charge in [0.2, 0.25) is 0 Å². The van der Waals surface area contributed by atoms with Gasteiger partial charge in [-0.25, -0.2) is 0 Å². The van der Waals surface area contributed by atoms with Crippen LogP contribution < -0.4 is 0 Å². The lowest BCUT2D eigenvalue weighted by Gasteiger charge is -2.26. The average Bonchev–Trinajstić information content (AvgIpc) is 2.60. The van der Waals surface area contributed by atoms with Gasteiger partial charge in [-0.15, -0.1) is 0 Å². The molecule has 0 bridgehead atoms. The van der Waals surface area contributed by atoms with Gasteiger partial charge in [0.05, 0.1) is 11.7 Å². The number of aliphatic hydroxyl groups excluding tert-OH is 1. The Kier molecular flexibility index (Phi) is 5.19. The third kappa shape index (κ3) is 3.81. The molecule has 0 heterocycles. The van der Waals surface area contributed by atoms with E-state index < -0.39 is 6.10 Å². The van der Waals surface area contributed by atoms with Gasteiger partial charge in [-0.05, 0) is 50.7 Å². The molecular formula is C17H26O3. The fourth-order valence-electron chi connectivity index (χ4n) is 2.63. The summed E-state index contributed by atoms with van der Waals surface area (Å²) in [5.74, 6) is 0. The molecule has 1 aromatic rings. The molecule has 2 rings (SSSR count). The van der Waals surface area contributed by atoms with Crippen molar-refractivity contribution in [3.05, 3.63) is 35.4 Å². The van der Waals surface area contributed by atoms with Gasteiger partial charge in [0.1, 0.15) is 6.10 Å². The average molecular weight is 278 g/mol. The van der Waals surface area contributed by atoms with Gasteiger partial charge >= 0.3 is 0 Å². The molecule has 20 heavy (non-hydrogen) atoms. The summed E-state index contributed by atoms with van der Waals surface area (Å²) in [6, 6.07) is 8.14. The van der Waals surface area contributed by atoms with Crippen molar-refractivity contribution in [1.29, 1.82) is 0 Å². The van der Waals surface area contributed by atoms with E-state index in [1.165, 1.54) is 5.56 Å². The van der Waals surface area contributed by atoms with Crippen molar-refractivity contribution in [2.75, 3.05) is 13.7 Å². The second-order valence-electron chi connectivity index (χ2n) is 6.16. The first-order chi connectivity index (χ1) is 9.53. The Morgan fingerprint density at radius 1 is 1.30 bits per heavy atom. The summed E-state index contributed by atoms with van der Waals surface area (Å²) in [5, 5.41) is 10.5. The third-order valence-electron chi connectivity index (χ3n) is 4.25. The van der Waals surface area contributed by atoms with Crippen LogP contribution in [0.3, 0.4) is 0 Å². The van der Waals surface area contributed by atoms with E-state index in [1.54, 1.807) is 7.11 Å². The van der Waals surface area contributed by atoms with Gasteiger partial charge in [0.15, 0.2) is 0 Å². The number of ether oxygens (including phenoxy) is 2. The zero-order valence-electron chi connectivity index (χ0n) is 12.8. The molecule has 0 fully saturated rings. The van der Waals surface area contributed by atoms with E-state index in [0.29, 0.717) is 6.61 Å². The SMILES string of the molecule is COC(C)(C)CCOC1CCCc2ccccc2C1O.